The second-order valence-electron chi connectivity index (χ2n) is 5.06. The number of aryl methyl sites for hydroxylation is 3. The van der Waals surface area contributed by atoms with Gasteiger partial charge >= 0.3 is 5.97 Å². The summed E-state index contributed by atoms with van der Waals surface area (Å²) in [5, 5.41) is 8.46. The summed E-state index contributed by atoms with van der Waals surface area (Å²) in [6, 6.07) is 6.16. The van der Waals surface area contributed by atoms with E-state index < -0.39 is 15.8 Å². The Labute approximate surface area is 123 Å². The summed E-state index contributed by atoms with van der Waals surface area (Å²) < 4.78 is 29.6. The van der Waals surface area contributed by atoms with Gasteiger partial charge in [0.05, 0.1) is 5.75 Å². The van der Waals surface area contributed by atoms with E-state index in [1.807, 2.05) is 32.9 Å². The van der Waals surface area contributed by atoms with Crippen LogP contribution in [-0.4, -0.2) is 19.5 Å². The minimum Gasteiger partial charge on any atom is -0.475 e. The van der Waals surface area contributed by atoms with Crippen LogP contribution >= 0.6 is 0 Å². The quantitative estimate of drug-likeness (QED) is 0.938. The SMILES string of the molecule is Cc1cc(C)c(CS(=O)(=O)c2ccc(C(=O)O)o2)c(C)c1. The van der Waals surface area contributed by atoms with Crippen LogP contribution in [0.2, 0.25) is 0 Å². The lowest BCUT2D eigenvalue weighted by atomic mass is 10.0. The lowest BCUT2D eigenvalue weighted by Crippen LogP contribution is -2.07. The molecule has 0 aliphatic carbocycles. The van der Waals surface area contributed by atoms with Crippen LogP contribution in [0.3, 0.4) is 0 Å². The molecule has 2 rings (SSSR count). The number of benzene rings is 1. The second kappa shape index (κ2) is 5.37. The Morgan fingerprint density at radius 1 is 1.14 bits per heavy atom. The van der Waals surface area contributed by atoms with Crippen LogP contribution in [0.15, 0.2) is 33.8 Å². The molecule has 0 radical (unpaired) electrons. The zero-order valence-electron chi connectivity index (χ0n) is 12.0. The summed E-state index contributed by atoms with van der Waals surface area (Å²) in [6.45, 7) is 5.66. The molecule has 0 aliphatic rings. The van der Waals surface area contributed by atoms with Gasteiger partial charge in [0.15, 0.2) is 0 Å². The lowest BCUT2D eigenvalue weighted by Gasteiger charge is -2.10. The fourth-order valence-electron chi connectivity index (χ4n) is 2.30. The van der Waals surface area contributed by atoms with Gasteiger partial charge in [0, 0.05) is 0 Å². The van der Waals surface area contributed by atoms with Crippen LogP contribution in [0.5, 0.6) is 0 Å². The van der Waals surface area contributed by atoms with Gasteiger partial charge in [-0.05, 0) is 49.6 Å². The minimum absolute atomic E-state index is 0.211. The van der Waals surface area contributed by atoms with Gasteiger partial charge in [0.2, 0.25) is 20.7 Å². The number of sulfone groups is 1. The molecule has 1 aromatic heterocycles. The van der Waals surface area contributed by atoms with Gasteiger partial charge in [-0.2, -0.15) is 0 Å². The number of furan rings is 1. The van der Waals surface area contributed by atoms with Crippen molar-refractivity contribution in [2.24, 2.45) is 0 Å². The van der Waals surface area contributed by atoms with Crippen molar-refractivity contribution in [1.29, 1.82) is 0 Å². The summed E-state index contributed by atoms with van der Waals surface area (Å²) in [5.74, 6) is -1.89. The van der Waals surface area contributed by atoms with Gasteiger partial charge in [-0.3, -0.25) is 0 Å². The van der Waals surface area contributed by atoms with Crippen LogP contribution in [0.4, 0.5) is 0 Å². The molecule has 2 aromatic rings. The molecule has 0 amide bonds. The largest absolute Gasteiger partial charge is 0.475 e. The van der Waals surface area contributed by atoms with Gasteiger partial charge in [-0.25, -0.2) is 13.2 Å². The predicted molar refractivity (Wildman–Crippen MR) is 77.2 cm³/mol. The predicted octanol–water partition coefficient (Wildman–Crippen LogP) is 2.88. The zero-order valence-corrected chi connectivity index (χ0v) is 12.8. The summed E-state index contributed by atoms with van der Waals surface area (Å²) in [4.78, 5) is 10.8. The zero-order chi connectivity index (χ0) is 15.8. The lowest BCUT2D eigenvalue weighted by molar-refractivity contribution is 0.0656. The van der Waals surface area contributed by atoms with Gasteiger partial charge in [0.1, 0.15) is 0 Å². The van der Waals surface area contributed by atoms with E-state index in [1.165, 1.54) is 6.07 Å². The first-order valence-electron chi connectivity index (χ1n) is 6.33. The first-order valence-corrected chi connectivity index (χ1v) is 7.98. The van der Waals surface area contributed by atoms with Crippen LogP contribution in [0.1, 0.15) is 32.8 Å². The number of hydrogen-bond acceptors (Lipinski definition) is 4. The Morgan fingerprint density at radius 3 is 2.19 bits per heavy atom. The number of hydrogen-bond donors (Lipinski definition) is 1. The maximum absolute atomic E-state index is 12.3. The van der Waals surface area contributed by atoms with E-state index in [-0.39, 0.29) is 16.6 Å². The molecule has 0 fully saturated rings. The van der Waals surface area contributed by atoms with Crippen molar-refractivity contribution in [3.8, 4) is 0 Å². The first-order chi connectivity index (χ1) is 9.70. The van der Waals surface area contributed by atoms with Crippen molar-refractivity contribution in [3.63, 3.8) is 0 Å². The standard InChI is InChI=1S/C15H16O5S/c1-9-6-10(2)12(11(3)7-9)8-21(18,19)14-5-4-13(20-14)15(16)17/h4-7H,8H2,1-3H3,(H,16,17). The molecule has 0 saturated carbocycles. The van der Waals surface area contributed by atoms with E-state index in [0.29, 0.717) is 5.56 Å². The molecule has 1 heterocycles. The highest BCUT2D eigenvalue weighted by molar-refractivity contribution is 7.90. The van der Waals surface area contributed by atoms with Crippen LogP contribution < -0.4 is 0 Å². The third kappa shape index (κ3) is 3.16. The summed E-state index contributed by atoms with van der Waals surface area (Å²) >= 11 is 0. The third-order valence-electron chi connectivity index (χ3n) is 3.27. The monoisotopic (exact) mass is 308 g/mol. The molecule has 5 nitrogen and oxygen atoms in total. The van der Waals surface area contributed by atoms with Gasteiger partial charge in [-0.1, -0.05) is 17.7 Å². The molecule has 0 aliphatic heterocycles. The highest BCUT2D eigenvalue weighted by Gasteiger charge is 2.23. The van der Waals surface area contributed by atoms with Crippen molar-refractivity contribution < 1.29 is 22.7 Å². The van der Waals surface area contributed by atoms with Gasteiger partial charge in [-0.15, -0.1) is 0 Å². The van der Waals surface area contributed by atoms with Gasteiger partial charge in [0.25, 0.3) is 0 Å². The van der Waals surface area contributed by atoms with Crippen molar-refractivity contribution in [2.45, 2.75) is 31.6 Å². The Balaban J connectivity index is 2.40. The molecule has 6 heteroatoms. The Bertz CT molecular complexity index is 776. The maximum atomic E-state index is 12.3. The average Bonchev–Trinajstić information content (AvgIpc) is 2.84. The maximum Gasteiger partial charge on any atom is 0.371 e. The highest BCUT2D eigenvalue weighted by atomic mass is 32.2. The molecule has 0 spiro atoms. The van der Waals surface area contributed by atoms with Crippen LogP contribution in [0.25, 0.3) is 0 Å². The molecule has 21 heavy (non-hydrogen) atoms. The summed E-state index contributed by atoms with van der Waals surface area (Å²) in [5.41, 5.74) is 3.56. The Kier molecular flexibility index (Phi) is 3.91. The number of aromatic carboxylic acids is 1. The molecule has 0 unspecified atom stereocenters. The number of carboxylic acids is 1. The van der Waals surface area contributed by atoms with Gasteiger partial charge < -0.3 is 9.52 Å². The minimum atomic E-state index is -3.71. The van der Waals surface area contributed by atoms with E-state index in [2.05, 4.69) is 0 Å². The molecule has 1 aromatic carbocycles. The molecular formula is C15H16O5S. The molecule has 0 bridgehead atoms. The van der Waals surface area contributed by atoms with E-state index in [0.717, 1.165) is 22.8 Å². The summed E-state index contributed by atoms with van der Waals surface area (Å²) in [6.07, 6.45) is 0. The molecule has 1 N–H and O–H groups in total. The van der Waals surface area contributed by atoms with Crippen molar-refractivity contribution in [2.75, 3.05) is 0 Å². The fraction of sp³-hybridized carbons (Fsp3) is 0.267. The van der Waals surface area contributed by atoms with Crippen LogP contribution in [-0.2, 0) is 15.6 Å². The molecule has 0 saturated heterocycles. The highest BCUT2D eigenvalue weighted by Crippen LogP contribution is 2.24. The van der Waals surface area contributed by atoms with Crippen molar-refractivity contribution in [1.82, 2.24) is 0 Å². The normalized spacial score (nSPS) is 11.6. The van der Waals surface area contributed by atoms with E-state index in [4.69, 9.17) is 9.52 Å². The van der Waals surface area contributed by atoms with E-state index in [1.54, 1.807) is 0 Å². The average molecular weight is 308 g/mol. The van der Waals surface area contributed by atoms with Crippen molar-refractivity contribution >= 4 is 15.8 Å². The summed E-state index contributed by atoms with van der Waals surface area (Å²) in [7, 11) is -3.71. The molecular weight excluding hydrogens is 292 g/mol. The smallest absolute Gasteiger partial charge is 0.371 e. The van der Waals surface area contributed by atoms with E-state index >= 15 is 0 Å². The first kappa shape index (κ1) is 15.3. The molecule has 0 atom stereocenters. The topological polar surface area (TPSA) is 84.6 Å². The van der Waals surface area contributed by atoms with Crippen LogP contribution in [0, 0.1) is 20.8 Å². The third-order valence-corrected chi connectivity index (χ3v) is 4.77. The molecule has 112 valence electrons. The van der Waals surface area contributed by atoms with Crippen molar-refractivity contribution in [3.05, 3.63) is 52.3 Å². The second-order valence-corrected chi connectivity index (χ2v) is 6.98. The Hall–Kier alpha value is -2.08. The van der Waals surface area contributed by atoms with E-state index in [9.17, 15) is 13.2 Å². The Morgan fingerprint density at radius 2 is 1.71 bits per heavy atom. The fourth-order valence-corrected chi connectivity index (χ4v) is 3.77. The number of rotatable bonds is 4. The number of carbonyl (C=O) groups is 1. The number of carboxylic acid groups (broad SMARTS) is 1.